The summed E-state index contributed by atoms with van der Waals surface area (Å²) in [4.78, 5) is 41.0. The minimum absolute atomic E-state index is 0.00250. The van der Waals surface area contributed by atoms with Gasteiger partial charge in [0.05, 0.1) is 11.3 Å². The Morgan fingerprint density at radius 1 is 1.00 bits per heavy atom. The fourth-order valence-corrected chi connectivity index (χ4v) is 8.48. The van der Waals surface area contributed by atoms with Gasteiger partial charge in [0.15, 0.2) is 11.6 Å². The lowest BCUT2D eigenvalue weighted by atomic mass is 9.40. The molecule has 1 fully saturated rings. The van der Waals surface area contributed by atoms with Crippen LogP contribution in [-0.4, -0.2) is 17.3 Å². The van der Waals surface area contributed by atoms with Crippen molar-refractivity contribution in [2.24, 2.45) is 28.1 Å². The van der Waals surface area contributed by atoms with Crippen molar-refractivity contribution in [2.75, 3.05) is 0 Å². The molecule has 0 aromatic heterocycles. The van der Waals surface area contributed by atoms with E-state index in [2.05, 4.69) is 57.2 Å². The monoisotopic (exact) mass is 482 g/mol. The van der Waals surface area contributed by atoms with Crippen molar-refractivity contribution in [2.45, 2.75) is 74.7 Å². The molecule has 5 unspecified atom stereocenters. The molecule has 5 rings (SSSR count). The molecule has 0 radical (unpaired) electrons. The van der Waals surface area contributed by atoms with Crippen LogP contribution in [-0.2, 0) is 16.0 Å². The van der Waals surface area contributed by atoms with E-state index in [1.807, 2.05) is 27.7 Å². The molecule has 3 aliphatic rings. The molecule has 1 saturated carbocycles. The third-order valence-electron chi connectivity index (χ3n) is 10.1. The second kappa shape index (κ2) is 7.84. The quantitative estimate of drug-likeness (QED) is 0.423. The second-order valence-corrected chi connectivity index (χ2v) is 12.7. The lowest BCUT2D eigenvalue weighted by Crippen LogP contribution is -2.61. The van der Waals surface area contributed by atoms with Crippen molar-refractivity contribution in [3.63, 3.8) is 0 Å². The summed E-state index contributed by atoms with van der Waals surface area (Å²) < 4.78 is 0. The Balaban J connectivity index is 1.76. The van der Waals surface area contributed by atoms with Gasteiger partial charge in [0.25, 0.3) is 0 Å². The summed E-state index contributed by atoms with van der Waals surface area (Å²) in [5, 5.41) is 0. The van der Waals surface area contributed by atoms with E-state index in [-0.39, 0.29) is 34.1 Å². The molecule has 3 nitrogen and oxygen atoms in total. The van der Waals surface area contributed by atoms with Crippen LogP contribution in [0.2, 0.25) is 0 Å². The zero-order valence-electron chi connectivity index (χ0n) is 23.0. The van der Waals surface area contributed by atoms with Gasteiger partial charge in [0.1, 0.15) is 5.78 Å². The van der Waals surface area contributed by atoms with Gasteiger partial charge in [-0.2, -0.15) is 0 Å². The van der Waals surface area contributed by atoms with E-state index in [0.717, 1.165) is 58.2 Å². The number of carbonyl (C=O) groups excluding carboxylic acids is 3. The van der Waals surface area contributed by atoms with E-state index < -0.39 is 11.3 Å². The number of benzene rings is 2. The van der Waals surface area contributed by atoms with Crippen LogP contribution < -0.4 is 0 Å². The smallest absolute Gasteiger partial charge is 0.190 e. The molecule has 0 heterocycles. The number of hydrogen-bond acceptors (Lipinski definition) is 3. The zero-order chi connectivity index (χ0) is 26.4. The Morgan fingerprint density at radius 3 is 2.33 bits per heavy atom. The lowest BCUT2D eigenvalue weighted by molar-refractivity contribution is -0.154. The van der Waals surface area contributed by atoms with Gasteiger partial charge in [0, 0.05) is 16.6 Å². The maximum Gasteiger partial charge on any atom is 0.190 e. The van der Waals surface area contributed by atoms with Crippen LogP contribution >= 0.6 is 0 Å². The second-order valence-electron chi connectivity index (χ2n) is 12.7. The largest absolute Gasteiger partial charge is 0.299 e. The summed E-state index contributed by atoms with van der Waals surface area (Å²) in [6, 6.07) is 12.7. The highest BCUT2D eigenvalue weighted by atomic mass is 16.2. The molecule has 0 bridgehead atoms. The number of allylic oxidation sites excluding steroid dienone is 2. The number of Topliss-reactive ketones (excluding diaryl/α,β-unsaturated/α-hetero) is 3. The summed E-state index contributed by atoms with van der Waals surface area (Å²) in [6.07, 6.45) is 2.34. The van der Waals surface area contributed by atoms with Gasteiger partial charge in [-0.1, -0.05) is 68.3 Å². The highest BCUT2D eigenvalue weighted by molar-refractivity contribution is 6.16. The first kappa shape index (κ1) is 24.9. The molecule has 0 amide bonds. The first-order valence-electron chi connectivity index (χ1n) is 13.3. The van der Waals surface area contributed by atoms with E-state index in [9.17, 15) is 14.4 Å². The average Bonchev–Trinajstić information content (AvgIpc) is 2.76. The van der Waals surface area contributed by atoms with E-state index in [4.69, 9.17) is 0 Å². The summed E-state index contributed by atoms with van der Waals surface area (Å²) in [5.41, 5.74) is 6.59. The Bertz CT molecular complexity index is 1380. The molecule has 188 valence electrons. The van der Waals surface area contributed by atoms with Gasteiger partial charge in [-0.15, -0.1) is 0 Å². The summed E-state index contributed by atoms with van der Waals surface area (Å²) >= 11 is 0. The van der Waals surface area contributed by atoms with Crippen molar-refractivity contribution in [1.29, 1.82) is 0 Å². The fourth-order valence-electron chi connectivity index (χ4n) is 8.48. The number of carbonyl (C=O) groups is 3. The van der Waals surface area contributed by atoms with Gasteiger partial charge < -0.3 is 0 Å². The number of rotatable bonds is 2. The average molecular weight is 483 g/mol. The fraction of sp³-hybridized carbons (Fsp3) is 0.485. The Kier molecular flexibility index (Phi) is 5.42. The number of ketones is 3. The predicted molar refractivity (Wildman–Crippen MR) is 144 cm³/mol. The molecule has 36 heavy (non-hydrogen) atoms. The first-order valence-corrected chi connectivity index (χ1v) is 13.3. The maximum absolute atomic E-state index is 14.4. The molecule has 2 aromatic rings. The van der Waals surface area contributed by atoms with Crippen LogP contribution in [0.25, 0.3) is 11.1 Å². The molecule has 0 spiro atoms. The summed E-state index contributed by atoms with van der Waals surface area (Å²) in [7, 11) is 0. The van der Waals surface area contributed by atoms with Gasteiger partial charge in [-0.25, -0.2) is 0 Å². The SMILES string of the molecule is CC(=O)C1C(=O)C2(C)C(C)=C3C(=O)c4c(C)ccc(-c5cccc(C)c5)c4CC3(C)CC2(C)CC1C. The molecule has 5 atom stereocenters. The van der Waals surface area contributed by atoms with Gasteiger partial charge in [0.2, 0.25) is 0 Å². The molecule has 0 saturated heterocycles. The van der Waals surface area contributed by atoms with E-state index in [0.29, 0.717) is 0 Å². The lowest BCUT2D eigenvalue weighted by Gasteiger charge is -2.61. The number of hydrogen-bond donors (Lipinski definition) is 0. The van der Waals surface area contributed by atoms with E-state index >= 15 is 0 Å². The van der Waals surface area contributed by atoms with Crippen molar-refractivity contribution < 1.29 is 14.4 Å². The Labute approximate surface area is 215 Å². The predicted octanol–water partition coefficient (Wildman–Crippen LogP) is 7.26. The van der Waals surface area contributed by atoms with E-state index in [1.54, 1.807) is 6.92 Å². The molecule has 3 aliphatic carbocycles. The zero-order valence-corrected chi connectivity index (χ0v) is 23.0. The Morgan fingerprint density at radius 2 is 1.69 bits per heavy atom. The van der Waals surface area contributed by atoms with Crippen LogP contribution in [0.3, 0.4) is 0 Å². The minimum Gasteiger partial charge on any atom is -0.299 e. The summed E-state index contributed by atoms with van der Waals surface area (Å²) in [5.74, 6) is -0.573. The molecular formula is C33H38O3. The topological polar surface area (TPSA) is 51.2 Å². The highest BCUT2D eigenvalue weighted by Crippen LogP contribution is 2.67. The van der Waals surface area contributed by atoms with E-state index in [1.165, 1.54) is 5.56 Å². The molecular weight excluding hydrogens is 444 g/mol. The third kappa shape index (κ3) is 3.14. The van der Waals surface area contributed by atoms with Crippen LogP contribution in [0, 0.1) is 41.9 Å². The van der Waals surface area contributed by atoms with Crippen molar-refractivity contribution in [3.8, 4) is 11.1 Å². The summed E-state index contributed by atoms with van der Waals surface area (Å²) in [6.45, 7) is 16.2. The number of aryl methyl sites for hydroxylation is 2. The van der Waals surface area contributed by atoms with Crippen LogP contribution in [0.4, 0.5) is 0 Å². The first-order chi connectivity index (χ1) is 16.7. The Hall–Kier alpha value is -2.81. The number of fused-ring (bicyclic) bond motifs is 3. The molecule has 3 heteroatoms. The van der Waals surface area contributed by atoms with Crippen molar-refractivity contribution >= 4 is 17.3 Å². The normalized spacial score (nSPS) is 33.7. The molecule has 0 N–H and O–H groups in total. The minimum atomic E-state index is -0.820. The van der Waals surface area contributed by atoms with Crippen LogP contribution in [0.5, 0.6) is 0 Å². The van der Waals surface area contributed by atoms with Crippen molar-refractivity contribution in [3.05, 3.63) is 69.8 Å². The van der Waals surface area contributed by atoms with Crippen LogP contribution in [0.1, 0.15) is 81.4 Å². The molecule has 0 aliphatic heterocycles. The van der Waals surface area contributed by atoms with Gasteiger partial charge in [-0.3, -0.25) is 14.4 Å². The van der Waals surface area contributed by atoms with Crippen molar-refractivity contribution in [1.82, 2.24) is 0 Å². The third-order valence-corrected chi connectivity index (χ3v) is 10.1. The maximum atomic E-state index is 14.4. The highest BCUT2D eigenvalue weighted by Gasteiger charge is 2.65. The van der Waals surface area contributed by atoms with Gasteiger partial charge >= 0.3 is 0 Å². The van der Waals surface area contributed by atoms with Gasteiger partial charge in [-0.05, 0) is 87.5 Å². The standard InChI is InChI=1S/C33H38O3/c1-18-10-9-11-23(14-18)24-13-12-19(2)27-25(24)16-31(6)17-32(7)15-20(3)26(22(5)34)30(36)33(32,8)21(4)28(31)29(27)35/h9-14,20,26H,15-17H2,1-8H3. The van der Waals surface area contributed by atoms with Crippen LogP contribution in [0.15, 0.2) is 47.5 Å². The molecule has 2 aromatic carbocycles.